The van der Waals surface area contributed by atoms with Crippen molar-refractivity contribution in [2.75, 3.05) is 24.6 Å². The Labute approximate surface area is 136 Å². The maximum Gasteiger partial charge on any atom is 0.416 e. The molecule has 1 fully saturated rings. The van der Waals surface area contributed by atoms with Crippen molar-refractivity contribution in [2.45, 2.75) is 25.6 Å². The van der Waals surface area contributed by atoms with E-state index in [4.69, 9.17) is 4.74 Å². The van der Waals surface area contributed by atoms with Gasteiger partial charge in [0.2, 0.25) is 5.13 Å². The Hall–Kier alpha value is -1.67. The van der Waals surface area contributed by atoms with Crippen LogP contribution in [0.1, 0.15) is 30.0 Å². The van der Waals surface area contributed by atoms with Crippen molar-refractivity contribution in [1.29, 1.82) is 0 Å². The summed E-state index contributed by atoms with van der Waals surface area (Å²) in [6.45, 7) is 3.77. The number of halogens is 3. The van der Waals surface area contributed by atoms with E-state index in [-0.39, 0.29) is 6.10 Å². The lowest BCUT2D eigenvalue weighted by molar-refractivity contribution is -0.137. The van der Waals surface area contributed by atoms with Gasteiger partial charge in [-0.3, -0.25) is 0 Å². The molecule has 0 aliphatic carbocycles. The van der Waals surface area contributed by atoms with E-state index in [0.29, 0.717) is 19.7 Å². The fourth-order valence-corrected chi connectivity index (χ4v) is 3.21. The summed E-state index contributed by atoms with van der Waals surface area (Å²) < 4.78 is 47.9. The molecule has 0 spiro atoms. The molecule has 1 atom stereocenters. The fraction of sp³-hybridized carbons (Fsp3) is 0.467. The molecule has 0 saturated carbocycles. The molecular weight excluding hydrogens is 327 g/mol. The molecule has 0 amide bonds. The van der Waals surface area contributed by atoms with Gasteiger partial charge < -0.3 is 9.64 Å². The zero-order valence-corrected chi connectivity index (χ0v) is 13.3. The Balaban J connectivity index is 1.73. The van der Waals surface area contributed by atoms with Crippen LogP contribution in [-0.4, -0.2) is 29.1 Å². The van der Waals surface area contributed by atoms with Gasteiger partial charge in [0, 0.05) is 24.5 Å². The van der Waals surface area contributed by atoms with Crippen LogP contribution in [0.25, 0.3) is 0 Å². The fourth-order valence-electron chi connectivity index (χ4n) is 2.43. The molecule has 4 nitrogen and oxygen atoms in total. The topological polar surface area (TPSA) is 38.2 Å². The largest absolute Gasteiger partial charge is 0.416 e. The third-order valence-electron chi connectivity index (χ3n) is 3.72. The minimum atomic E-state index is -4.32. The predicted molar refractivity (Wildman–Crippen MR) is 81.6 cm³/mol. The number of aromatic nitrogens is 2. The van der Waals surface area contributed by atoms with E-state index in [0.717, 1.165) is 35.1 Å². The SMILES string of the molecule is CCc1nsc(N2CCOC(c3ccc(C(F)(F)F)cc3)C2)n1. The third-order valence-corrected chi connectivity index (χ3v) is 4.54. The second-order valence-corrected chi connectivity index (χ2v) is 6.00. The van der Waals surface area contributed by atoms with Crippen LogP contribution >= 0.6 is 11.5 Å². The summed E-state index contributed by atoms with van der Waals surface area (Å²) in [6, 6.07) is 5.15. The lowest BCUT2D eigenvalue weighted by Crippen LogP contribution is -2.38. The van der Waals surface area contributed by atoms with E-state index in [9.17, 15) is 13.2 Å². The molecule has 124 valence electrons. The molecule has 1 aliphatic heterocycles. The van der Waals surface area contributed by atoms with E-state index in [2.05, 4.69) is 14.3 Å². The van der Waals surface area contributed by atoms with E-state index in [1.54, 1.807) is 0 Å². The Morgan fingerprint density at radius 2 is 2.04 bits per heavy atom. The third kappa shape index (κ3) is 3.64. The number of nitrogens with zero attached hydrogens (tertiary/aromatic N) is 3. The second-order valence-electron chi connectivity index (χ2n) is 5.27. The van der Waals surface area contributed by atoms with E-state index in [1.165, 1.54) is 23.7 Å². The monoisotopic (exact) mass is 343 g/mol. The van der Waals surface area contributed by atoms with Crippen LogP contribution in [0.2, 0.25) is 0 Å². The Bertz CT molecular complexity index is 657. The van der Waals surface area contributed by atoms with Crippen LogP contribution < -0.4 is 4.90 Å². The van der Waals surface area contributed by atoms with E-state index < -0.39 is 11.7 Å². The van der Waals surface area contributed by atoms with Crippen LogP contribution in [0.15, 0.2) is 24.3 Å². The molecule has 1 aromatic heterocycles. The van der Waals surface area contributed by atoms with Gasteiger partial charge in [-0.2, -0.15) is 17.5 Å². The van der Waals surface area contributed by atoms with Crippen LogP contribution in [0, 0.1) is 0 Å². The number of hydrogen-bond acceptors (Lipinski definition) is 5. The van der Waals surface area contributed by atoms with Gasteiger partial charge in [0.15, 0.2) is 0 Å². The molecular formula is C15H16F3N3OS. The van der Waals surface area contributed by atoms with Gasteiger partial charge in [0.1, 0.15) is 11.9 Å². The average Bonchev–Trinajstić information content (AvgIpc) is 3.03. The summed E-state index contributed by atoms with van der Waals surface area (Å²) in [7, 11) is 0. The van der Waals surface area contributed by atoms with Crippen molar-refractivity contribution < 1.29 is 17.9 Å². The van der Waals surface area contributed by atoms with Gasteiger partial charge in [-0.1, -0.05) is 19.1 Å². The van der Waals surface area contributed by atoms with Crippen molar-refractivity contribution in [2.24, 2.45) is 0 Å². The van der Waals surface area contributed by atoms with E-state index >= 15 is 0 Å². The molecule has 3 rings (SSSR count). The summed E-state index contributed by atoms with van der Waals surface area (Å²) in [5.41, 5.74) is 0.0913. The number of benzene rings is 1. The lowest BCUT2D eigenvalue weighted by Gasteiger charge is -2.32. The highest BCUT2D eigenvalue weighted by atomic mass is 32.1. The summed E-state index contributed by atoms with van der Waals surface area (Å²) in [5.74, 6) is 0.808. The summed E-state index contributed by atoms with van der Waals surface area (Å²) in [4.78, 5) is 6.53. The number of aryl methyl sites for hydroxylation is 1. The number of morpholine rings is 1. The minimum Gasteiger partial charge on any atom is -0.370 e. The van der Waals surface area contributed by atoms with Crippen molar-refractivity contribution in [3.63, 3.8) is 0 Å². The average molecular weight is 343 g/mol. The molecule has 1 aliphatic rings. The first-order valence-corrected chi connectivity index (χ1v) is 8.11. The molecule has 1 saturated heterocycles. The highest BCUT2D eigenvalue weighted by molar-refractivity contribution is 7.09. The van der Waals surface area contributed by atoms with Gasteiger partial charge in [0.05, 0.1) is 18.7 Å². The van der Waals surface area contributed by atoms with Gasteiger partial charge in [-0.25, -0.2) is 4.98 Å². The minimum absolute atomic E-state index is 0.264. The molecule has 0 bridgehead atoms. The molecule has 1 unspecified atom stereocenters. The maximum atomic E-state index is 12.6. The Morgan fingerprint density at radius 3 is 2.65 bits per heavy atom. The van der Waals surface area contributed by atoms with Crippen LogP contribution in [0.3, 0.4) is 0 Å². The number of ether oxygens (including phenoxy) is 1. The van der Waals surface area contributed by atoms with Crippen LogP contribution in [0.4, 0.5) is 18.3 Å². The molecule has 0 N–H and O–H groups in total. The first-order chi connectivity index (χ1) is 11.0. The smallest absolute Gasteiger partial charge is 0.370 e. The maximum absolute atomic E-state index is 12.6. The van der Waals surface area contributed by atoms with Crippen LogP contribution in [-0.2, 0) is 17.3 Å². The first kappa shape index (κ1) is 16.2. The summed E-state index contributed by atoms with van der Waals surface area (Å²) >= 11 is 1.34. The quantitative estimate of drug-likeness (QED) is 0.852. The molecule has 1 aromatic carbocycles. The second kappa shape index (κ2) is 6.45. The predicted octanol–water partition coefficient (Wildman–Crippen LogP) is 3.70. The number of rotatable bonds is 3. The zero-order valence-electron chi connectivity index (χ0n) is 12.5. The van der Waals surface area contributed by atoms with E-state index in [1.807, 2.05) is 6.92 Å². The lowest BCUT2D eigenvalue weighted by atomic mass is 10.1. The molecule has 2 heterocycles. The van der Waals surface area contributed by atoms with Crippen LogP contribution in [0.5, 0.6) is 0 Å². The van der Waals surface area contributed by atoms with Gasteiger partial charge in [-0.05, 0) is 17.7 Å². The van der Waals surface area contributed by atoms with Crippen molar-refractivity contribution in [3.05, 3.63) is 41.2 Å². The number of anilines is 1. The van der Waals surface area contributed by atoms with Crippen molar-refractivity contribution in [3.8, 4) is 0 Å². The highest BCUT2D eigenvalue weighted by Crippen LogP contribution is 2.32. The normalized spacial score (nSPS) is 19.1. The molecule has 0 radical (unpaired) electrons. The van der Waals surface area contributed by atoms with Gasteiger partial charge in [-0.15, -0.1) is 0 Å². The molecule has 2 aromatic rings. The number of hydrogen-bond donors (Lipinski definition) is 0. The van der Waals surface area contributed by atoms with Gasteiger partial charge in [0.25, 0.3) is 0 Å². The Morgan fingerprint density at radius 1 is 1.30 bits per heavy atom. The zero-order chi connectivity index (χ0) is 16.4. The standard InChI is InChI=1S/C15H16F3N3OS/c1-2-13-19-14(23-20-13)21-7-8-22-12(9-21)10-3-5-11(6-4-10)15(16,17)18/h3-6,12H,2,7-9H2,1H3. The molecule has 23 heavy (non-hydrogen) atoms. The van der Waals surface area contributed by atoms with Gasteiger partial charge >= 0.3 is 6.18 Å². The van der Waals surface area contributed by atoms with Crippen molar-refractivity contribution >= 4 is 16.7 Å². The summed E-state index contributed by atoms with van der Waals surface area (Å²) in [5, 5.41) is 0.835. The van der Waals surface area contributed by atoms with Crippen molar-refractivity contribution in [1.82, 2.24) is 9.36 Å². The number of alkyl halides is 3. The Kier molecular flexibility index (Phi) is 4.54. The molecule has 8 heteroatoms. The highest BCUT2D eigenvalue weighted by Gasteiger charge is 2.31. The first-order valence-electron chi connectivity index (χ1n) is 7.33. The summed E-state index contributed by atoms with van der Waals surface area (Å²) in [6.07, 6.45) is -3.80.